The summed E-state index contributed by atoms with van der Waals surface area (Å²) in [6.45, 7) is 5.66. The Hall–Kier alpha value is -3.39. The molecule has 0 aromatic carbocycles. The van der Waals surface area contributed by atoms with Crippen LogP contribution in [-0.2, 0) is 4.74 Å². The van der Waals surface area contributed by atoms with E-state index < -0.39 is 0 Å². The largest absolute Gasteiger partial charge is 0.404 e. The third kappa shape index (κ3) is 6.55. The quantitative estimate of drug-likeness (QED) is 0.291. The van der Waals surface area contributed by atoms with Crippen molar-refractivity contribution in [1.82, 2.24) is 15.3 Å². The predicted octanol–water partition coefficient (Wildman–Crippen LogP) is 3.74. The zero-order valence-electron chi connectivity index (χ0n) is 19.7. The number of nitrogens with two attached hydrogens (primary N) is 2. The lowest BCUT2D eigenvalue weighted by atomic mass is 9.90. The number of ether oxygens (including phenoxy) is 1. The standard InChI is InChI=1S/C25H35N7O/c1-16(2)18(13-26)12-24(28)32-25-5-4-22-23(31-25)11-19(14-30-22)20(15-29-3)21(27)10-17-6-8-33-9-7-17/h4-5,11-17,27,29H,6-10,26,28H2,1-3H3,(H,31,32)/b18-13+,20-15-,24-12+,27-21?. The first-order chi connectivity index (χ1) is 15.9. The molecule has 0 amide bonds. The normalized spacial score (nSPS) is 16.3. The van der Waals surface area contributed by atoms with Crippen molar-refractivity contribution >= 4 is 28.1 Å². The Kier molecular flexibility index (Phi) is 8.43. The molecule has 1 aliphatic heterocycles. The van der Waals surface area contributed by atoms with Crippen LogP contribution in [-0.4, -0.2) is 35.9 Å². The molecule has 0 spiro atoms. The third-order valence-corrected chi connectivity index (χ3v) is 5.75. The number of nitrogens with one attached hydrogen (secondary N) is 3. The lowest BCUT2D eigenvalue weighted by molar-refractivity contribution is 0.0685. The molecule has 2 aromatic rings. The summed E-state index contributed by atoms with van der Waals surface area (Å²) < 4.78 is 5.46. The van der Waals surface area contributed by atoms with Gasteiger partial charge in [0.15, 0.2) is 0 Å². The highest BCUT2D eigenvalue weighted by atomic mass is 16.5. The van der Waals surface area contributed by atoms with Gasteiger partial charge in [-0.15, -0.1) is 0 Å². The molecule has 1 aliphatic rings. The maximum Gasteiger partial charge on any atom is 0.132 e. The minimum Gasteiger partial charge on any atom is -0.404 e. The first-order valence-corrected chi connectivity index (χ1v) is 11.4. The molecule has 0 bridgehead atoms. The summed E-state index contributed by atoms with van der Waals surface area (Å²) in [5.41, 5.74) is 16.6. The van der Waals surface area contributed by atoms with E-state index in [4.69, 9.17) is 26.6 Å². The molecule has 8 heteroatoms. The van der Waals surface area contributed by atoms with Crippen molar-refractivity contribution in [1.29, 1.82) is 5.41 Å². The highest BCUT2D eigenvalue weighted by Gasteiger charge is 2.19. The minimum atomic E-state index is 0.264. The average molecular weight is 450 g/mol. The number of rotatable bonds is 9. The van der Waals surface area contributed by atoms with Crippen LogP contribution in [0.4, 0.5) is 5.82 Å². The molecule has 8 nitrogen and oxygen atoms in total. The van der Waals surface area contributed by atoms with Crippen molar-refractivity contribution in [3.8, 4) is 0 Å². The molecule has 7 N–H and O–H groups in total. The van der Waals surface area contributed by atoms with Crippen LogP contribution in [0, 0.1) is 17.2 Å². The van der Waals surface area contributed by atoms with Gasteiger partial charge in [-0.25, -0.2) is 4.98 Å². The van der Waals surface area contributed by atoms with Crippen molar-refractivity contribution in [2.45, 2.75) is 33.1 Å². The van der Waals surface area contributed by atoms with Gasteiger partial charge in [0.25, 0.3) is 0 Å². The van der Waals surface area contributed by atoms with Crippen LogP contribution in [0.1, 0.15) is 38.7 Å². The highest BCUT2D eigenvalue weighted by molar-refractivity contribution is 6.22. The topological polar surface area (TPSA) is 135 Å². The molecular weight excluding hydrogens is 414 g/mol. The first kappa shape index (κ1) is 24.3. The summed E-state index contributed by atoms with van der Waals surface area (Å²) in [7, 11) is 1.84. The fourth-order valence-corrected chi connectivity index (χ4v) is 3.83. The Morgan fingerprint density at radius 3 is 2.70 bits per heavy atom. The maximum absolute atomic E-state index is 8.73. The molecule has 0 radical (unpaired) electrons. The van der Waals surface area contributed by atoms with E-state index in [2.05, 4.69) is 29.5 Å². The summed E-state index contributed by atoms with van der Waals surface area (Å²) in [6.07, 6.45) is 9.75. The monoisotopic (exact) mass is 449 g/mol. The Balaban J connectivity index is 1.84. The fraction of sp³-hybridized carbons (Fsp3) is 0.400. The lowest BCUT2D eigenvalue weighted by Gasteiger charge is -2.23. The number of fused-ring (bicyclic) bond motifs is 1. The summed E-state index contributed by atoms with van der Waals surface area (Å²) >= 11 is 0. The van der Waals surface area contributed by atoms with Crippen molar-refractivity contribution in [3.63, 3.8) is 0 Å². The Morgan fingerprint density at radius 1 is 1.27 bits per heavy atom. The lowest BCUT2D eigenvalue weighted by Crippen LogP contribution is -2.19. The van der Waals surface area contributed by atoms with Crippen LogP contribution in [0.15, 0.2) is 54.3 Å². The van der Waals surface area contributed by atoms with Gasteiger partial charge in [0.1, 0.15) is 11.6 Å². The Bertz CT molecular complexity index is 1070. The van der Waals surface area contributed by atoms with Gasteiger partial charge in [0.2, 0.25) is 0 Å². The van der Waals surface area contributed by atoms with Gasteiger partial charge >= 0.3 is 0 Å². The van der Waals surface area contributed by atoms with E-state index in [0.717, 1.165) is 60.2 Å². The first-order valence-electron chi connectivity index (χ1n) is 11.4. The summed E-state index contributed by atoms with van der Waals surface area (Å²) in [6, 6.07) is 5.71. The number of anilines is 1. The number of aromatic nitrogens is 2. The number of hydrogen-bond donors (Lipinski definition) is 5. The Labute approximate surface area is 195 Å². The van der Waals surface area contributed by atoms with Crippen LogP contribution < -0.4 is 22.1 Å². The van der Waals surface area contributed by atoms with Crippen LogP contribution >= 0.6 is 0 Å². The number of allylic oxidation sites excluding steroid dienone is 3. The molecule has 0 aliphatic carbocycles. The maximum atomic E-state index is 8.73. The molecule has 0 atom stereocenters. The number of pyridine rings is 2. The van der Waals surface area contributed by atoms with Crippen LogP contribution in [0.5, 0.6) is 0 Å². The van der Waals surface area contributed by atoms with Crippen molar-refractivity contribution < 1.29 is 4.74 Å². The zero-order chi connectivity index (χ0) is 23.8. The van der Waals surface area contributed by atoms with E-state index in [1.165, 1.54) is 0 Å². The molecule has 0 unspecified atom stereocenters. The second-order valence-electron chi connectivity index (χ2n) is 8.59. The summed E-state index contributed by atoms with van der Waals surface area (Å²) in [5, 5.41) is 14.9. The fourth-order valence-electron chi connectivity index (χ4n) is 3.83. The van der Waals surface area contributed by atoms with Gasteiger partial charge in [-0.2, -0.15) is 0 Å². The van der Waals surface area contributed by atoms with E-state index in [1.54, 1.807) is 12.4 Å². The van der Waals surface area contributed by atoms with Gasteiger partial charge in [0, 0.05) is 49.5 Å². The second-order valence-corrected chi connectivity index (χ2v) is 8.59. The highest BCUT2D eigenvalue weighted by Crippen LogP contribution is 2.26. The molecule has 33 heavy (non-hydrogen) atoms. The zero-order valence-corrected chi connectivity index (χ0v) is 19.7. The van der Waals surface area contributed by atoms with Gasteiger partial charge < -0.3 is 32.2 Å². The van der Waals surface area contributed by atoms with E-state index in [0.29, 0.717) is 23.3 Å². The van der Waals surface area contributed by atoms with Crippen LogP contribution in [0.2, 0.25) is 0 Å². The predicted molar refractivity (Wildman–Crippen MR) is 135 cm³/mol. The summed E-state index contributed by atoms with van der Waals surface area (Å²) in [4.78, 5) is 9.26. The minimum absolute atomic E-state index is 0.264. The molecule has 3 rings (SSSR count). The molecule has 176 valence electrons. The number of nitrogens with zero attached hydrogens (tertiary/aromatic N) is 2. The van der Waals surface area contributed by atoms with Crippen LogP contribution in [0.25, 0.3) is 16.6 Å². The van der Waals surface area contributed by atoms with Crippen molar-refractivity contribution in [2.75, 3.05) is 25.6 Å². The summed E-state index contributed by atoms with van der Waals surface area (Å²) in [5.74, 6) is 1.82. The average Bonchev–Trinajstić information content (AvgIpc) is 2.81. The van der Waals surface area contributed by atoms with Gasteiger partial charge in [-0.3, -0.25) is 4.98 Å². The number of hydrogen-bond acceptors (Lipinski definition) is 8. The molecule has 0 saturated carbocycles. The molecular formula is C25H35N7O. The van der Waals surface area contributed by atoms with E-state index in [-0.39, 0.29) is 5.92 Å². The molecule has 3 heterocycles. The smallest absolute Gasteiger partial charge is 0.132 e. The van der Waals surface area contributed by atoms with Gasteiger partial charge in [-0.05, 0) is 67.1 Å². The van der Waals surface area contributed by atoms with Crippen molar-refractivity contribution in [2.24, 2.45) is 23.3 Å². The molecule has 2 aromatic heterocycles. The molecule has 1 fully saturated rings. The third-order valence-electron chi connectivity index (χ3n) is 5.75. The SMILES string of the molecule is CN/C=C(\C(=N)CC1CCOCC1)c1cnc2ccc(N/C(N)=C/C(=C\N)C(C)C)nc2c1. The second kappa shape index (κ2) is 11.5. The van der Waals surface area contributed by atoms with E-state index >= 15 is 0 Å². The van der Waals surface area contributed by atoms with Gasteiger partial charge in [-0.1, -0.05) is 13.8 Å². The van der Waals surface area contributed by atoms with Crippen molar-refractivity contribution in [3.05, 3.63) is 59.8 Å². The molecule has 1 saturated heterocycles. The van der Waals surface area contributed by atoms with Crippen LogP contribution in [0.3, 0.4) is 0 Å². The van der Waals surface area contributed by atoms with E-state index in [1.807, 2.05) is 37.5 Å². The van der Waals surface area contributed by atoms with Gasteiger partial charge in [0.05, 0.1) is 11.0 Å². The Morgan fingerprint density at radius 2 is 2.03 bits per heavy atom. The van der Waals surface area contributed by atoms with E-state index in [9.17, 15) is 0 Å².